The van der Waals surface area contributed by atoms with Gasteiger partial charge in [-0.2, -0.15) is 0 Å². The minimum Gasteiger partial charge on any atom is -0.345 e. The Morgan fingerprint density at radius 3 is 2.96 bits per heavy atom. The van der Waals surface area contributed by atoms with Gasteiger partial charge in [-0.25, -0.2) is 9.97 Å². The maximum atomic E-state index is 12.3. The van der Waals surface area contributed by atoms with Crippen molar-refractivity contribution in [1.29, 1.82) is 0 Å². The normalized spacial score (nSPS) is 11.1. The summed E-state index contributed by atoms with van der Waals surface area (Å²) in [6.45, 7) is 2.37. The Labute approximate surface area is 156 Å². The van der Waals surface area contributed by atoms with Crippen LogP contribution in [0.25, 0.3) is 15.5 Å². The van der Waals surface area contributed by atoms with Gasteiger partial charge in [0.25, 0.3) is 5.91 Å². The number of amides is 1. The van der Waals surface area contributed by atoms with Crippen molar-refractivity contribution in [3.05, 3.63) is 63.3 Å². The minimum atomic E-state index is -0.209. The minimum absolute atomic E-state index is 0.209. The number of thiophene rings is 1. The van der Waals surface area contributed by atoms with E-state index in [0.29, 0.717) is 16.6 Å². The van der Waals surface area contributed by atoms with Crippen molar-refractivity contribution in [2.45, 2.75) is 13.5 Å². The summed E-state index contributed by atoms with van der Waals surface area (Å²) in [5, 5.41) is 5.43. The highest BCUT2D eigenvalue weighted by molar-refractivity contribution is 7.23. The molecule has 1 N–H and O–H groups in total. The number of rotatable bonds is 4. The summed E-state index contributed by atoms with van der Waals surface area (Å²) in [6.07, 6.45) is 3.86. The fourth-order valence-electron chi connectivity index (χ4n) is 2.47. The molecule has 0 saturated heterocycles. The van der Waals surface area contributed by atoms with Gasteiger partial charge in [0.05, 0.1) is 21.5 Å². The maximum absolute atomic E-state index is 12.3. The van der Waals surface area contributed by atoms with E-state index in [1.807, 2.05) is 48.0 Å². The van der Waals surface area contributed by atoms with E-state index in [4.69, 9.17) is 11.6 Å². The second-order valence-electron chi connectivity index (χ2n) is 5.48. The number of hydrogen-bond donors (Lipinski definition) is 1. The molecule has 4 aromatic heterocycles. The molecule has 0 fully saturated rings. The third-order valence-electron chi connectivity index (χ3n) is 3.68. The maximum Gasteiger partial charge on any atom is 0.271 e. The molecule has 0 aliphatic heterocycles. The van der Waals surface area contributed by atoms with Crippen LogP contribution in [0, 0.1) is 6.92 Å². The Hall–Kier alpha value is -2.22. The topological polar surface area (TPSA) is 59.3 Å². The highest BCUT2D eigenvalue weighted by Crippen LogP contribution is 2.32. The largest absolute Gasteiger partial charge is 0.345 e. The molecule has 5 nitrogen and oxygen atoms in total. The Morgan fingerprint density at radius 2 is 2.20 bits per heavy atom. The van der Waals surface area contributed by atoms with Crippen LogP contribution in [-0.2, 0) is 6.54 Å². The van der Waals surface area contributed by atoms with Crippen molar-refractivity contribution in [3.8, 4) is 9.88 Å². The SMILES string of the molecule is Cc1cccn2cc(CNC(=O)c3csc(-c4ccc(Cl)s4)n3)nc12. The number of hydrogen-bond acceptors (Lipinski definition) is 5. The quantitative estimate of drug-likeness (QED) is 0.563. The summed E-state index contributed by atoms with van der Waals surface area (Å²) in [5.41, 5.74) is 3.21. The van der Waals surface area contributed by atoms with Crippen molar-refractivity contribution in [3.63, 3.8) is 0 Å². The summed E-state index contributed by atoms with van der Waals surface area (Å²) >= 11 is 8.83. The zero-order valence-electron chi connectivity index (χ0n) is 13.2. The van der Waals surface area contributed by atoms with Crippen LogP contribution in [0.3, 0.4) is 0 Å². The van der Waals surface area contributed by atoms with Crippen LogP contribution in [0.5, 0.6) is 0 Å². The van der Waals surface area contributed by atoms with E-state index in [9.17, 15) is 4.79 Å². The van der Waals surface area contributed by atoms with Crippen LogP contribution in [0.4, 0.5) is 0 Å². The second-order valence-corrected chi connectivity index (χ2v) is 8.05. The molecule has 0 spiro atoms. The highest BCUT2D eigenvalue weighted by Gasteiger charge is 2.13. The molecule has 25 heavy (non-hydrogen) atoms. The van der Waals surface area contributed by atoms with Crippen LogP contribution in [0.1, 0.15) is 21.7 Å². The lowest BCUT2D eigenvalue weighted by Crippen LogP contribution is -2.23. The molecule has 126 valence electrons. The van der Waals surface area contributed by atoms with E-state index < -0.39 is 0 Å². The molecule has 4 heterocycles. The van der Waals surface area contributed by atoms with Gasteiger partial charge in [-0.1, -0.05) is 17.7 Å². The first kappa shape index (κ1) is 16.3. The molecular formula is C17H13ClN4OS2. The van der Waals surface area contributed by atoms with Crippen molar-refractivity contribution in [1.82, 2.24) is 19.7 Å². The number of halogens is 1. The van der Waals surface area contributed by atoms with Crippen LogP contribution in [0.15, 0.2) is 42.0 Å². The van der Waals surface area contributed by atoms with E-state index in [0.717, 1.165) is 26.8 Å². The summed E-state index contributed by atoms with van der Waals surface area (Å²) in [4.78, 5) is 22.2. The first-order valence-corrected chi connectivity index (χ1v) is 9.60. The third-order valence-corrected chi connectivity index (χ3v) is 5.92. The van der Waals surface area contributed by atoms with Crippen molar-refractivity contribution < 1.29 is 4.79 Å². The Morgan fingerprint density at radius 1 is 1.32 bits per heavy atom. The van der Waals surface area contributed by atoms with Gasteiger partial charge in [-0.05, 0) is 30.7 Å². The Bertz CT molecular complexity index is 1070. The number of nitrogens with zero attached hydrogens (tertiary/aromatic N) is 3. The standard InChI is InChI=1S/C17H13ClN4OS2/c1-10-3-2-6-22-8-11(20-15(10)22)7-19-16(23)12-9-24-17(21-12)13-4-5-14(18)25-13/h2-6,8-9H,7H2,1H3,(H,19,23). The lowest BCUT2D eigenvalue weighted by molar-refractivity contribution is 0.0946. The van der Waals surface area contributed by atoms with Gasteiger partial charge < -0.3 is 9.72 Å². The predicted molar refractivity (Wildman–Crippen MR) is 102 cm³/mol. The fraction of sp³-hybridized carbons (Fsp3) is 0.118. The first-order chi connectivity index (χ1) is 12.1. The number of pyridine rings is 1. The van der Waals surface area contributed by atoms with Gasteiger partial charge in [-0.3, -0.25) is 4.79 Å². The molecule has 4 rings (SSSR count). The van der Waals surface area contributed by atoms with Gasteiger partial charge in [-0.15, -0.1) is 22.7 Å². The number of carbonyl (C=O) groups excluding carboxylic acids is 1. The monoisotopic (exact) mass is 388 g/mol. The zero-order valence-corrected chi connectivity index (χ0v) is 15.6. The molecule has 0 bridgehead atoms. The van der Waals surface area contributed by atoms with Gasteiger partial charge in [0.1, 0.15) is 16.3 Å². The number of imidazole rings is 1. The number of fused-ring (bicyclic) bond motifs is 1. The fourth-order valence-corrected chi connectivity index (χ4v) is 4.39. The average molecular weight is 389 g/mol. The summed E-state index contributed by atoms with van der Waals surface area (Å²) < 4.78 is 2.66. The molecule has 0 unspecified atom stereocenters. The number of nitrogens with one attached hydrogen (secondary N) is 1. The van der Waals surface area contributed by atoms with Gasteiger partial charge >= 0.3 is 0 Å². The molecular weight excluding hydrogens is 376 g/mol. The van der Waals surface area contributed by atoms with E-state index in [-0.39, 0.29) is 5.91 Å². The summed E-state index contributed by atoms with van der Waals surface area (Å²) in [7, 11) is 0. The smallest absolute Gasteiger partial charge is 0.271 e. The highest BCUT2D eigenvalue weighted by atomic mass is 35.5. The third kappa shape index (κ3) is 3.30. The molecule has 0 aliphatic rings. The van der Waals surface area contributed by atoms with Gasteiger partial charge in [0.15, 0.2) is 0 Å². The van der Waals surface area contributed by atoms with Crippen LogP contribution in [-0.4, -0.2) is 20.3 Å². The lowest BCUT2D eigenvalue weighted by atomic mass is 10.3. The van der Waals surface area contributed by atoms with Crippen LogP contribution < -0.4 is 5.32 Å². The molecule has 1 amide bonds. The molecule has 0 aromatic carbocycles. The lowest BCUT2D eigenvalue weighted by Gasteiger charge is -1.99. The predicted octanol–water partition coefficient (Wildman–Crippen LogP) is 4.41. The van der Waals surface area contributed by atoms with Crippen molar-refractivity contribution in [2.75, 3.05) is 0 Å². The van der Waals surface area contributed by atoms with Crippen molar-refractivity contribution in [2.24, 2.45) is 0 Å². The van der Waals surface area contributed by atoms with Gasteiger partial charge in [0.2, 0.25) is 0 Å². The summed E-state index contributed by atoms with van der Waals surface area (Å²) in [5.74, 6) is -0.209. The van der Waals surface area contributed by atoms with Crippen molar-refractivity contribution >= 4 is 45.8 Å². The van der Waals surface area contributed by atoms with E-state index in [1.54, 1.807) is 5.38 Å². The average Bonchev–Trinajstić information content (AvgIpc) is 3.31. The molecule has 4 aromatic rings. The molecule has 0 aliphatic carbocycles. The van der Waals surface area contributed by atoms with E-state index >= 15 is 0 Å². The molecule has 0 radical (unpaired) electrons. The summed E-state index contributed by atoms with van der Waals surface area (Å²) in [6, 6.07) is 7.72. The second kappa shape index (κ2) is 6.59. The number of carbonyl (C=O) groups is 1. The first-order valence-electron chi connectivity index (χ1n) is 7.53. The number of aryl methyl sites for hydroxylation is 1. The Kier molecular flexibility index (Phi) is 4.29. The van der Waals surface area contributed by atoms with Crippen LogP contribution >= 0.6 is 34.3 Å². The molecule has 0 saturated carbocycles. The van der Waals surface area contributed by atoms with E-state index in [2.05, 4.69) is 15.3 Å². The van der Waals surface area contributed by atoms with E-state index in [1.165, 1.54) is 22.7 Å². The van der Waals surface area contributed by atoms with Crippen LogP contribution in [0.2, 0.25) is 4.34 Å². The number of aromatic nitrogens is 3. The zero-order chi connectivity index (χ0) is 17.4. The molecule has 0 atom stereocenters. The number of thiazole rings is 1. The van der Waals surface area contributed by atoms with Gasteiger partial charge in [0, 0.05) is 17.8 Å². The Balaban J connectivity index is 1.46. The molecule has 8 heteroatoms.